The number of nitrogens with one attached hydrogen (secondary N) is 1. The average molecular weight is 243 g/mol. The van der Waals surface area contributed by atoms with Gasteiger partial charge in [-0.2, -0.15) is 0 Å². The molecule has 2 rings (SSSR count). The van der Waals surface area contributed by atoms with Crippen LogP contribution in [0.4, 0.5) is 0 Å². The fourth-order valence-corrected chi connectivity index (χ4v) is 1.94. The first-order valence-corrected chi connectivity index (χ1v) is 6.46. The predicted octanol–water partition coefficient (Wildman–Crippen LogP) is 4.06. The van der Waals surface area contributed by atoms with Crippen LogP contribution >= 0.6 is 0 Å². The summed E-state index contributed by atoms with van der Waals surface area (Å²) in [5.74, 6) is 1.94. The first-order chi connectivity index (χ1) is 8.58. The Hall–Kier alpha value is -1.54. The number of hydrogen-bond donors (Lipinski definition) is 1. The molecular formula is C16H21NO. The van der Waals surface area contributed by atoms with E-state index in [0.29, 0.717) is 6.04 Å². The third-order valence-corrected chi connectivity index (χ3v) is 3.22. The van der Waals surface area contributed by atoms with E-state index in [0.717, 1.165) is 18.1 Å². The van der Waals surface area contributed by atoms with Gasteiger partial charge in [-0.1, -0.05) is 32.0 Å². The lowest BCUT2D eigenvalue weighted by molar-refractivity contribution is 0.473. The molecule has 0 unspecified atom stereocenters. The van der Waals surface area contributed by atoms with Crippen molar-refractivity contribution in [3.63, 3.8) is 0 Å². The SMILES string of the molecule is Cc1cccc(-c2ccc(CNC(C)C)o2)c1C. The highest BCUT2D eigenvalue weighted by molar-refractivity contribution is 5.63. The Balaban J connectivity index is 2.21. The molecule has 96 valence electrons. The van der Waals surface area contributed by atoms with E-state index in [9.17, 15) is 0 Å². The molecule has 2 aromatic rings. The predicted molar refractivity (Wildman–Crippen MR) is 75.6 cm³/mol. The highest BCUT2D eigenvalue weighted by atomic mass is 16.3. The Morgan fingerprint density at radius 1 is 1.11 bits per heavy atom. The minimum Gasteiger partial charge on any atom is -0.460 e. The lowest BCUT2D eigenvalue weighted by atomic mass is 10.0. The largest absolute Gasteiger partial charge is 0.460 e. The zero-order chi connectivity index (χ0) is 13.1. The maximum atomic E-state index is 5.89. The molecule has 0 saturated carbocycles. The summed E-state index contributed by atoms with van der Waals surface area (Å²) in [6.07, 6.45) is 0. The van der Waals surface area contributed by atoms with Gasteiger partial charge >= 0.3 is 0 Å². The van der Waals surface area contributed by atoms with Gasteiger partial charge in [0.25, 0.3) is 0 Å². The fourth-order valence-electron chi connectivity index (χ4n) is 1.94. The van der Waals surface area contributed by atoms with Gasteiger partial charge in [-0.05, 0) is 37.1 Å². The Morgan fingerprint density at radius 2 is 1.89 bits per heavy atom. The summed E-state index contributed by atoms with van der Waals surface area (Å²) in [7, 11) is 0. The van der Waals surface area contributed by atoms with Crippen molar-refractivity contribution < 1.29 is 4.42 Å². The van der Waals surface area contributed by atoms with Crippen LogP contribution in [0.3, 0.4) is 0 Å². The molecule has 0 bridgehead atoms. The molecule has 0 aliphatic rings. The smallest absolute Gasteiger partial charge is 0.134 e. The van der Waals surface area contributed by atoms with Gasteiger partial charge in [0, 0.05) is 11.6 Å². The van der Waals surface area contributed by atoms with Crippen molar-refractivity contribution in [2.45, 2.75) is 40.3 Å². The molecule has 0 radical (unpaired) electrons. The summed E-state index contributed by atoms with van der Waals surface area (Å²) in [6.45, 7) is 9.31. The van der Waals surface area contributed by atoms with Crippen LogP contribution in [-0.2, 0) is 6.54 Å². The van der Waals surface area contributed by atoms with E-state index in [4.69, 9.17) is 4.42 Å². The quantitative estimate of drug-likeness (QED) is 0.876. The van der Waals surface area contributed by atoms with Crippen LogP contribution in [0.2, 0.25) is 0 Å². The Labute approximate surface area is 109 Å². The van der Waals surface area contributed by atoms with Crippen molar-refractivity contribution in [2.24, 2.45) is 0 Å². The van der Waals surface area contributed by atoms with E-state index in [2.05, 4.69) is 57.3 Å². The molecule has 0 aliphatic carbocycles. The molecular weight excluding hydrogens is 222 g/mol. The number of aryl methyl sites for hydroxylation is 1. The second kappa shape index (κ2) is 5.40. The Morgan fingerprint density at radius 3 is 2.61 bits per heavy atom. The van der Waals surface area contributed by atoms with Crippen LogP contribution in [0.15, 0.2) is 34.7 Å². The first-order valence-electron chi connectivity index (χ1n) is 6.46. The summed E-state index contributed by atoms with van der Waals surface area (Å²) >= 11 is 0. The molecule has 2 nitrogen and oxygen atoms in total. The number of benzene rings is 1. The third-order valence-electron chi connectivity index (χ3n) is 3.22. The number of furan rings is 1. The lowest BCUT2D eigenvalue weighted by Gasteiger charge is -2.07. The van der Waals surface area contributed by atoms with Crippen LogP contribution < -0.4 is 5.32 Å². The zero-order valence-corrected chi connectivity index (χ0v) is 11.6. The van der Waals surface area contributed by atoms with Crippen LogP contribution in [0.5, 0.6) is 0 Å². The van der Waals surface area contributed by atoms with E-state index < -0.39 is 0 Å². The highest BCUT2D eigenvalue weighted by Crippen LogP contribution is 2.27. The van der Waals surface area contributed by atoms with E-state index in [-0.39, 0.29) is 0 Å². The van der Waals surface area contributed by atoms with Crippen molar-refractivity contribution >= 4 is 0 Å². The van der Waals surface area contributed by atoms with Crippen molar-refractivity contribution in [2.75, 3.05) is 0 Å². The monoisotopic (exact) mass is 243 g/mol. The van der Waals surface area contributed by atoms with Crippen molar-refractivity contribution in [3.8, 4) is 11.3 Å². The van der Waals surface area contributed by atoms with Crippen molar-refractivity contribution in [1.82, 2.24) is 5.32 Å². The van der Waals surface area contributed by atoms with Crippen LogP contribution in [-0.4, -0.2) is 6.04 Å². The van der Waals surface area contributed by atoms with E-state index in [1.165, 1.54) is 16.7 Å². The van der Waals surface area contributed by atoms with Gasteiger partial charge in [0.15, 0.2) is 0 Å². The summed E-state index contributed by atoms with van der Waals surface area (Å²) in [5.41, 5.74) is 3.77. The molecule has 2 heteroatoms. The van der Waals surface area contributed by atoms with Gasteiger partial charge in [0.1, 0.15) is 11.5 Å². The number of rotatable bonds is 4. The zero-order valence-electron chi connectivity index (χ0n) is 11.6. The third kappa shape index (κ3) is 2.82. The summed E-state index contributed by atoms with van der Waals surface area (Å²) in [6, 6.07) is 10.9. The highest BCUT2D eigenvalue weighted by Gasteiger charge is 2.08. The number of hydrogen-bond acceptors (Lipinski definition) is 2. The molecule has 1 heterocycles. The average Bonchev–Trinajstić information content (AvgIpc) is 2.78. The van der Waals surface area contributed by atoms with Gasteiger partial charge in [-0.25, -0.2) is 0 Å². The Kier molecular flexibility index (Phi) is 3.87. The van der Waals surface area contributed by atoms with Gasteiger partial charge in [0.2, 0.25) is 0 Å². The molecule has 0 fully saturated rings. The van der Waals surface area contributed by atoms with Gasteiger partial charge in [-0.15, -0.1) is 0 Å². The van der Waals surface area contributed by atoms with Crippen molar-refractivity contribution in [1.29, 1.82) is 0 Å². The maximum absolute atomic E-state index is 5.89. The molecule has 1 aromatic heterocycles. The van der Waals surface area contributed by atoms with E-state index in [1.807, 2.05) is 6.07 Å². The van der Waals surface area contributed by atoms with Crippen LogP contribution in [0.1, 0.15) is 30.7 Å². The lowest BCUT2D eigenvalue weighted by Crippen LogP contribution is -2.21. The first kappa shape index (κ1) is 12.9. The molecule has 0 spiro atoms. The molecule has 0 aliphatic heterocycles. The van der Waals surface area contributed by atoms with Crippen LogP contribution in [0, 0.1) is 13.8 Å². The van der Waals surface area contributed by atoms with E-state index in [1.54, 1.807) is 0 Å². The molecule has 0 atom stereocenters. The van der Waals surface area contributed by atoms with Gasteiger partial charge in [-0.3, -0.25) is 0 Å². The van der Waals surface area contributed by atoms with Crippen molar-refractivity contribution in [3.05, 3.63) is 47.2 Å². The summed E-state index contributed by atoms with van der Waals surface area (Å²) < 4.78 is 5.89. The Bertz CT molecular complexity index is 526. The standard InChI is InChI=1S/C16H21NO/c1-11(2)17-10-14-8-9-16(18-14)15-7-5-6-12(3)13(15)4/h5-9,11,17H,10H2,1-4H3. The molecule has 18 heavy (non-hydrogen) atoms. The van der Waals surface area contributed by atoms with Gasteiger partial charge < -0.3 is 9.73 Å². The van der Waals surface area contributed by atoms with Crippen LogP contribution in [0.25, 0.3) is 11.3 Å². The second-order valence-electron chi connectivity index (χ2n) is 5.05. The minimum absolute atomic E-state index is 0.472. The topological polar surface area (TPSA) is 25.2 Å². The maximum Gasteiger partial charge on any atom is 0.134 e. The molecule has 1 N–H and O–H groups in total. The fraction of sp³-hybridized carbons (Fsp3) is 0.375. The molecule has 0 amide bonds. The van der Waals surface area contributed by atoms with E-state index >= 15 is 0 Å². The van der Waals surface area contributed by atoms with Gasteiger partial charge in [0.05, 0.1) is 6.54 Å². The normalized spacial score (nSPS) is 11.2. The molecule has 1 aromatic carbocycles. The molecule has 0 saturated heterocycles. The summed E-state index contributed by atoms with van der Waals surface area (Å²) in [4.78, 5) is 0. The second-order valence-corrected chi connectivity index (χ2v) is 5.05. The summed E-state index contributed by atoms with van der Waals surface area (Å²) in [5, 5.41) is 3.36. The minimum atomic E-state index is 0.472.